The van der Waals surface area contributed by atoms with Gasteiger partial charge in [0.2, 0.25) is 0 Å². The number of nitriles is 1. The quantitative estimate of drug-likeness (QED) is 0.715. The monoisotopic (exact) mass is 443 g/mol. The van der Waals surface area contributed by atoms with Crippen LogP contribution in [0.25, 0.3) is 0 Å². The first-order chi connectivity index (χ1) is 13.3. The fraction of sp³-hybridized carbons (Fsp3) is 0.250. The van der Waals surface area contributed by atoms with Gasteiger partial charge in [0.15, 0.2) is 11.5 Å². The first-order valence-electron chi connectivity index (χ1n) is 8.39. The lowest BCUT2D eigenvalue weighted by Crippen LogP contribution is -2.40. The van der Waals surface area contributed by atoms with Gasteiger partial charge in [0.05, 0.1) is 36.9 Å². The van der Waals surface area contributed by atoms with Crippen LogP contribution in [-0.4, -0.2) is 31.1 Å². The molecule has 0 saturated carbocycles. The molecule has 2 aromatic rings. The van der Waals surface area contributed by atoms with Gasteiger partial charge in [-0.3, -0.25) is 9.69 Å². The maximum absolute atomic E-state index is 13.1. The number of halogens is 1. The van der Waals surface area contributed by atoms with Gasteiger partial charge in [-0.2, -0.15) is 5.26 Å². The molecule has 0 radical (unpaired) electrons. The van der Waals surface area contributed by atoms with Crippen molar-refractivity contribution in [3.63, 3.8) is 0 Å². The smallest absolute Gasteiger partial charge is 0.325 e. The van der Waals surface area contributed by atoms with E-state index in [1.165, 1.54) is 14.2 Å². The van der Waals surface area contributed by atoms with E-state index in [0.717, 1.165) is 4.90 Å². The number of urea groups is 1. The highest BCUT2D eigenvalue weighted by molar-refractivity contribution is 9.10. The van der Waals surface area contributed by atoms with Crippen LogP contribution >= 0.6 is 15.9 Å². The molecule has 0 aromatic heterocycles. The van der Waals surface area contributed by atoms with Crippen LogP contribution in [0.15, 0.2) is 40.9 Å². The summed E-state index contributed by atoms with van der Waals surface area (Å²) in [6.45, 7) is 1.69. The van der Waals surface area contributed by atoms with Crippen molar-refractivity contribution in [2.75, 3.05) is 14.2 Å². The Bertz CT molecular complexity index is 1000. The summed E-state index contributed by atoms with van der Waals surface area (Å²) in [5, 5.41) is 11.9. The second kappa shape index (κ2) is 7.52. The first kappa shape index (κ1) is 19.7. The van der Waals surface area contributed by atoms with E-state index >= 15 is 0 Å². The van der Waals surface area contributed by atoms with Gasteiger partial charge in [0.1, 0.15) is 5.54 Å². The van der Waals surface area contributed by atoms with Crippen molar-refractivity contribution < 1.29 is 19.1 Å². The minimum atomic E-state index is -1.24. The Morgan fingerprint density at radius 1 is 1.21 bits per heavy atom. The molecule has 3 rings (SSSR count). The van der Waals surface area contributed by atoms with E-state index in [1.54, 1.807) is 43.3 Å². The third-order valence-corrected chi connectivity index (χ3v) is 5.61. The molecule has 0 bridgehead atoms. The van der Waals surface area contributed by atoms with Crippen molar-refractivity contribution in [1.82, 2.24) is 10.2 Å². The van der Waals surface area contributed by atoms with E-state index in [0.29, 0.717) is 32.7 Å². The molecule has 1 aliphatic heterocycles. The summed E-state index contributed by atoms with van der Waals surface area (Å²) in [5.41, 5.74) is 0.421. The summed E-state index contributed by atoms with van der Waals surface area (Å²) >= 11 is 3.46. The molecule has 1 fully saturated rings. The number of carbonyl (C=O) groups is 2. The normalized spacial score (nSPS) is 18.6. The molecular formula is C20H18BrN3O4. The van der Waals surface area contributed by atoms with Gasteiger partial charge < -0.3 is 14.8 Å². The average molecular weight is 444 g/mol. The molecule has 8 heteroatoms. The Kier molecular flexibility index (Phi) is 5.29. The maximum Gasteiger partial charge on any atom is 0.325 e. The van der Waals surface area contributed by atoms with E-state index in [2.05, 4.69) is 21.2 Å². The standard InChI is InChI=1S/C20H18BrN3O4/c1-20(14-6-4-5-12(9-14)10-22)18(25)24(19(26)23-20)11-13-7-8-15(27-2)17(28-3)16(13)21/h4-9H,11H2,1-3H3,(H,23,26). The predicted octanol–water partition coefficient (Wildman–Crippen LogP) is 3.31. The van der Waals surface area contributed by atoms with Crippen LogP contribution in [0.5, 0.6) is 11.5 Å². The Morgan fingerprint density at radius 3 is 2.61 bits per heavy atom. The summed E-state index contributed by atoms with van der Waals surface area (Å²) in [6.07, 6.45) is 0. The van der Waals surface area contributed by atoms with Gasteiger partial charge in [0, 0.05) is 0 Å². The van der Waals surface area contributed by atoms with E-state index < -0.39 is 17.5 Å². The lowest BCUT2D eigenvalue weighted by molar-refractivity contribution is -0.131. The summed E-state index contributed by atoms with van der Waals surface area (Å²) in [5.74, 6) is 0.624. The van der Waals surface area contributed by atoms with Crippen molar-refractivity contribution in [2.45, 2.75) is 19.0 Å². The van der Waals surface area contributed by atoms with Crippen molar-refractivity contribution >= 4 is 27.9 Å². The number of nitrogens with one attached hydrogen (secondary N) is 1. The van der Waals surface area contributed by atoms with Gasteiger partial charge in [0.25, 0.3) is 5.91 Å². The molecular weight excluding hydrogens is 426 g/mol. The largest absolute Gasteiger partial charge is 0.493 e. The number of hydrogen-bond donors (Lipinski definition) is 1. The minimum Gasteiger partial charge on any atom is -0.493 e. The maximum atomic E-state index is 13.1. The van der Waals surface area contributed by atoms with Crippen LogP contribution in [0.2, 0.25) is 0 Å². The first-order valence-corrected chi connectivity index (χ1v) is 9.19. The molecule has 1 unspecified atom stereocenters. The summed E-state index contributed by atoms with van der Waals surface area (Å²) in [4.78, 5) is 26.8. The minimum absolute atomic E-state index is 0.0547. The zero-order valence-electron chi connectivity index (χ0n) is 15.6. The number of nitrogens with zero attached hydrogens (tertiary/aromatic N) is 2. The Labute approximate surface area is 171 Å². The van der Waals surface area contributed by atoms with Gasteiger partial charge >= 0.3 is 6.03 Å². The molecule has 7 nitrogen and oxygen atoms in total. The van der Waals surface area contributed by atoms with Crippen LogP contribution in [0, 0.1) is 11.3 Å². The molecule has 0 spiro atoms. The second-order valence-electron chi connectivity index (χ2n) is 6.41. The fourth-order valence-electron chi connectivity index (χ4n) is 3.16. The molecule has 0 aliphatic carbocycles. The predicted molar refractivity (Wildman–Crippen MR) is 105 cm³/mol. The number of carbonyl (C=O) groups excluding carboxylic acids is 2. The molecule has 1 heterocycles. The Morgan fingerprint density at radius 2 is 1.96 bits per heavy atom. The number of hydrogen-bond acceptors (Lipinski definition) is 5. The summed E-state index contributed by atoms with van der Waals surface area (Å²) in [7, 11) is 3.04. The van der Waals surface area contributed by atoms with Gasteiger partial charge in [-0.25, -0.2) is 4.79 Å². The fourth-order valence-corrected chi connectivity index (χ4v) is 3.77. The SMILES string of the molecule is COc1ccc(CN2C(=O)NC(C)(c3cccc(C#N)c3)C2=O)c(Br)c1OC. The Hall–Kier alpha value is -3.05. The summed E-state index contributed by atoms with van der Waals surface area (Å²) < 4.78 is 11.2. The zero-order chi connectivity index (χ0) is 20.5. The van der Waals surface area contributed by atoms with Crippen molar-refractivity contribution in [3.8, 4) is 17.6 Å². The number of imide groups is 1. The zero-order valence-corrected chi connectivity index (χ0v) is 17.2. The lowest BCUT2D eigenvalue weighted by Gasteiger charge is -2.22. The van der Waals surface area contributed by atoms with E-state index in [-0.39, 0.29) is 6.54 Å². The molecule has 1 atom stereocenters. The number of rotatable bonds is 5. The third-order valence-electron chi connectivity index (χ3n) is 4.74. The van der Waals surface area contributed by atoms with Crippen molar-refractivity contribution in [2.24, 2.45) is 0 Å². The number of methoxy groups -OCH3 is 2. The number of benzene rings is 2. The molecule has 1 aliphatic rings. The molecule has 144 valence electrons. The van der Waals surface area contributed by atoms with Crippen LogP contribution < -0.4 is 14.8 Å². The van der Waals surface area contributed by atoms with E-state index in [4.69, 9.17) is 14.7 Å². The molecule has 1 N–H and O–H groups in total. The summed E-state index contributed by atoms with van der Waals surface area (Å²) in [6, 6.07) is 11.7. The van der Waals surface area contributed by atoms with Crippen molar-refractivity contribution in [3.05, 3.63) is 57.6 Å². The lowest BCUT2D eigenvalue weighted by atomic mass is 9.91. The highest BCUT2D eigenvalue weighted by Gasteiger charge is 2.49. The van der Waals surface area contributed by atoms with Gasteiger partial charge in [-0.1, -0.05) is 18.2 Å². The highest BCUT2D eigenvalue weighted by Crippen LogP contribution is 2.39. The number of ether oxygens (including phenoxy) is 2. The van der Waals surface area contributed by atoms with E-state index in [1.807, 2.05) is 6.07 Å². The number of amides is 3. The van der Waals surface area contributed by atoms with Gasteiger partial charge in [-0.15, -0.1) is 0 Å². The van der Waals surface area contributed by atoms with Crippen LogP contribution in [0.4, 0.5) is 4.79 Å². The molecule has 1 saturated heterocycles. The van der Waals surface area contributed by atoms with Crippen LogP contribution in [0.1, 0.15) is 23.6 Å². The molecule has 2 aromatic carbocycles. The van der Waals surface area contributed by atoms with E-state index in [9.17, 15) is 9.59 Å². The average Bonchev–Trinajstić information content (AvgIpc) is 2.93. The van der Waals surface area contributed by atoms with Crippen molar-refractivity contribution in [1.29, 1.82) is 5.26 Å². The van der Waals surface area contributed by atoms with Gasteiger partial charge in [-0.05, 0) is 52.2 Å². The Balaban J connectivity index is 1.94. The molecule has 28 heavy (non-hydrogen) atoms. The third kappa shape index (κ3) is 3.18. The second-order valence-corrected chi connectivity index (χ2v) is 7.21. The van der Waals surface area contributed by atoms with Crippen LogP contribution in [0.3, 0.4) is 0 Å². The molecule has 3 amide bonds. The highest BCUT2D eigenvalue weighted by atomic mass is 79.9. The van der Waals surface area contributed by atoms with Crippen LogP contribution in [-0.2, 0) is 16.9 Å². The topological polar surface area (TPSA) is 91.7 Å².